The maximum absolute atomic E-state index is 12.9. The molecule has 0 aliphatic rings. The van der Waals surface area contributed by atoms with Gasteiger partial charge in [-0.2, -0.15) is 4.98 Å². The van der Waals surface area contributed by atoms with Crippen molar-refractivity contribution in [2.75, 3.05) is 12.4 Å². The van der Waals surface area contributed by atoms with Crippen LogP contribution in [0.25, 0.3) is 22.8 Å². The highest BCUT2D eigenvalue weighted by molar-refractivity contribution is 6.32. The second-order valence-electron chi connectivity index (χ2n) is 7.04. The number of anilines is 1. The van der Waals surface area contributed by atoms with Crippen LogP contribution in [-0.2, 0) is 11.3 Å². The van der Waals surface area contributed by atoms with Gasteiger partial charge in [-0.05, 0) is 37.3 Å². The lowest BCUT2D eigenvalue weighted by atomic mass is 10.1. The van der Waals surface area contributed by atoms with Gasteiger partial charge in [-0.3, -0.25) is 9.59 Å². The van der Waals surface area contributed by atoms with Gasteiger partial charge in [0.15, 0.2) is 0 Å². The number of halogens is 1. The fraction of sp³-hybridized carbons (Fsp3) is 0.130. The maximum Gasteiger partial charge on any atom is 0.263 e. The van der Waals surface area contributed by atoms with Crippen LogP contribution in [0.3, 0.4) is 0 Å². The van der Waals surface area contributed by atoms with Gasteiger partial charge in [0.05, 0.1) is 12.1 Å². The van der Waals surface area contributed by atoms with Gasteiger partial charge in [-0.1, -0.05) is 46.6 Å². The van der Waals surface area contributed by atoms with Crippen LogP contribution in [0.5, 0.6) is 5.75 Å². The van der Waals surface area contributed by atoms with Crippen LogP contribution >= 0.6 is 11.6 Å². The summed E-state index contributed by atoms with van der Waals surface area (Å²) in [5.74, 6) is 0.570. The summed E-state index contributed by atoms with van der Waals surface area (Å²) < 4.78 is 11.7. The van der Waals surface area contributed by atoms with Gasteiger partial charge < -0.3 is 19.1 Å². The number of aromatic nitrogens is 3. The van der Waals surface area contributed by atoms with Gasteiger partial charge in [0, 0.05) is 17.4 Å². The Morgan fingerprint density at radius 2 is 1.97 bits per heavy atom. The second kappa shape index (κ2) is 9.07. The molecular formula is C23H19ClN4O4. The zero-order valence-electron chi connectivity index (χ0n) is 17.3. The molecule has 0 radical (unpaired) electrons. The number of hydrogen-bond donors (Lipinski definition) is 1. The Morgan fingerprint density at radius 3 is 2.69 bits per heavy atom. The molecule has 0 saturated carbocycles. The number of carbonyl (C=O) groups is 1. The van der Waals surface area contributed by atoms with Crippen molar-refractivity contribution in [3.63, 3.8) is 0 Å². The average molecular weight is 451 g/mol. The number of carbonyl (C=O) groups excluding carboxylic acids is 1. The van der Waals surface area contributed by atoms with Crippen LogP contribution in [-0.4, -0.2) is 27.7 Å². The zero-order valence-corrected chi connectivity index (χ0v) is 18.1. The Hall–Kier alpha value is -3.91. The van der Waals surface area contributed by atoms with Gasteiger partial charge in [0.2, 0.25) is 11.7 Å². The largest absolute Gasteiger partial charge is 0.495 e. The normalized spacial score (nSPS) is 10.7. The predicted molar refractivity (Wildman–Crippen MR) is 121 cm³/mol. The first-order valence-electron chi connectivity index (χ1n) is 9.68. The number of nitrogens with zero attached hydrogens (tertiary/aromatic N) is 3. The molecule has 4 rings (SSSR count). The molecular weight excluding hydrogens is 432 g/mol. The molecule has 0 fully saturated rings. The van der Waals surface area contributed by atoms with Crippen LogP contribution in [0.15, 0.2) is 70.1 Å². The van der Waals surface area contributed by atoms with Crippen molar-refractivity contribution >= 4 is 23.2 Å². The third-order valence-corrected chi connectivity index (χ3v) is 5.03. The van der Waals surface area contributed by atoms with Crippen LogP contribution < -0.4 is 15.6 Å². The molecule has 0 aliphatic carbocycles. The highest BCUT2D eigenvalue weighted by Crippen LogP contribution is 2.27. The van der Waals surface area contributed by atoms with Crippen molar-refractivity contribution in [3.8, 4) is 28.6 Å². The number of hydrogen-bond acceptors (Lipinski definition) is 6. The fourth-order valence-corrected chi connectivity index (χ4v) is 3.33. The minimum Gasteiger partial charge on any atom is -0.495 e. The standard InChI is InChI=1S/C23H19ClN4O4/c1-14-5-7-15(8-6-14)21-26-22(32-27-21)17-4-3-11-28(23(17)30)13-20(29)25-16-9-10-19(31-2)18(24)12-16/h3-12H,13H2,1-2H3,(H,25,29). The van der Waals surface area contributed by atoms with E-state index in [0.29, 0.717) is 22.3 Å². The first-order valence-corrected chi connectivity index (χ1v) is 10.1. The number of aryl methyl sites for hydroxylation is 1. The molecule has 4 aromatic rings. The van der Waals surface area contributed by atoms with Gasteiger partial charge >= 0.3 is 0 Å². The van der Waals surface area contributed by atoms with Gasteiger partial charge in [0.25, 0.3) is 11.4 Å². The molecule has 8 nitrogen and oxygen atoms in total. The molecule has 2 heterocycles. The highest BCUT2D eigenvalue weighted by atomic mass is 35.5. The molecule has 9 heteroatoms. The summed E-state index contributed by atoms with van der Waals surface area (Å²) in [4.78, 5) is 29.7. The SMILES string of the molecule is COc1ccc(NC(=O)Cn2cccc(-c3nc(-c4ccc(C)cc4)no3)c2=O)cc1Cl. The molecule has 162 valence electrons. The lowest BCUT2D eigenvalue weighted by molar-refractivity contribution is -0.116. The first kappa shape index (κ1) is 21.3. The monoisotopic (exact) mass is 450 g/mol. The maximum atomic E-state index is 12.9. The molecule has 0 atom stereocenters. The summed E-state index contributed by atoms with van der Waals surface area (Å²) in [5.41, 5.74) is 2.16. The molecule has 0 bridgehead atoms. The van der Waals surface area contributed by atoms with Crippen molar-refractivity contribution < 1.29 is 14.1 Å². The molecule has 0 aliphatic heterocycles. The quantitative estimate of drug-likeness (QED) is 0.473. The molecule has 0 spiro atoms. The summed E-state index contributed by atoms with van der Waals surface area (Å²) in [7, 11) is 1.51. The van der Waals surface area contributed by atoms with E-state index in [9.17, 15) is 9.59 Å². The van der Waals surface area contributed by atoms with E-state index in [1.807, 2.05) is 31.2 Å². The number of amides is 1. The topological polar surface area (TPSA) is 99.2 Å². The molecule has 0 saturated heterocycles. The van der Waals surface area contributed by atoms with Gasteiger partial charge in [-0.15, -0.1) is 0 Å². The van der Waals surface area contributed by atoms with E-state index >= 15 is 0 Å². The summed E-state index contributed by atoms with van der Waals surface area (Å²) in [6, 6.07) is 15.7. The Kier molecular flexibility index (Phi) is 6.04. The van der Waals surface area contributed by atoms with Crippen LogP contribution in [0.4, 0.5) is 5.69 Å². The van der Waals surface area contributed by atoms with Crippen LogP contribution in [0.2, 0.25) is 5.02 Å². The Morgan fingerprint density at radius 1 is 1.19 bits per heavy atom. The Balaban J connectivity index is 1.53. The van der Waals surface area contributed by atoms with Gasteiger partial charge in [-0.25, -0.2) is 0 Å². The van der Waals surface area contributed by atoms with E-state index in [1.165, 1.54) is 17.9 Å². The van der Waals surface area contributed by atoms with E-state index in [1.54, 1.807) is 30.3 Å². The number of nitrogens with one attached hydrogen (secondary N) is 1. The minimum atomic E-state index is -0.422. The van der Waals surface area contributed by atoms with Crippen molar-refractivity contribution in [3.05, 3.63) is 81.7 Å². The second-order valence-corrected chi connectivity index (χ2v) is 7.45. The first-order chi connectivity index (χ1) is 15.4. The lowest BCUT2D eigenvalue weighted by Gasteiger charge is -2.09. The molecule has 2 aromatic heterocycles. The summed E-state index contributed by atoms with van der Waals surface area (Å²) in [6.07, 6.45) is 1.52. The van der Waals surface area contributed by atoms with E-state index < -0.39 is 11.5 Å². The predicted octanol–water partition coefficient (Wildman–Crippen LogP) is 4.17. The van der Waals surface area contributed by atoms with E-state index in [0.717, 1.165) is 11.1 Å². The number of ether oxygens (including phenoxy) is 1. The smallest absolute Gasteiger partial charge is 0.263 e. The van der Waals surface area contributed by atoms with Gasteiger partial charge in [0.1, 0.15) is 17.9 Å². The van der Waals surface area contributed by atoms with Crippen LogP contribution in [0.1, 0.15) is 5.56 Å². The molecule has 1 amide bonds. The van der Waals surface area contributed by atoms with Crippen molar-refractivity contribution in [2.45, 2.75) is 13.5 Å². The van der Waals surface area contributed by atoms with Crippen molar-refractivity contribution in [1.29, 1.82) is 0 Å². The minimum absolute atomic E-state index is 0.0854. The summed E-state index contributed by atoms with van der Waals surface area (Å²) in [5, 5.41) is 7.04. The highest BCUT2D eigenvalue weighted by Gasteiger charge is 2.16. The molecule has 1 N–H and O–H groups in total. The fourth-order valence-electron chi connectivity index (χ4n) is 3.08. The Labute approximate surface area is 188 Å². The average Bonchev–Trinajstić information content (AvgIpc) is 3.26. The van der Waals surface area contributed by atoms with Crippen molar-refractivity contribution in [2.24, 2.45) is 0 Å². The summed E-state index contributed by atoms with van der Waals surface area (Å²) >= 11 is 6.09. The molecule has 0 unspecified atom stereocenters. The summed E-state index contributed by atoms with van der Waals surface area (Å²) in [6.45, 7) is 1.78. The molecule has 2 aromatic carbocycles. The lowest BCUT2D eigenvalue weighted by Crippen LogP contribution is -2.28. The van der Waals surface area contributed by atoms with Crippen molar-refractivity contribution in [1.82, 2.24) is 14.7 Å². The third kappa shape index (κ3) is 4.55. The number of rotatable bonds is 6. The number of benzene rings is 2. The van der Waals surface area contributed by atoms with E-state index in [-0.39, 0.29) is 18.0 Å². The zero-order chi connectivity index (χ0) is 22.7. The van der Waals surface area contributed by atoms with Crippen LogP contribution in [0, 0.1) is 6.92 Å². The van der Waals surface area contributed by atoms with E-state index in [4.69, 9.17) is 20.9 Å². The Bertz CT molecular complexity index is 1330. The van der Waals surface area contributed by atoms with E-state index in [2.05, 4.69) is 15.5 Å². The number of methoxy groups -OCH3 is 1. The number of pyridine rings is 1. The molecule has 32 heavy (non-hydrogen) atoms. The third-order valence-electron chi connectivity index (χ3n) is 4.74.